The fourth-order valence-corrected chi connectivity index (χ4v) is 6.03. The Hall–Kier alpha value is -3.35. The predicted octanol–water partition coefficient (Wildman–Crippen LogP) is 3.92. The van der Waals surface area contributed by atoms with Crippen LogP contribution in [0.1, 0.15) is 49.7 Å². The normalized spacial score (nSPS) is 25.3. The maximum absolute atomic E-state index is 12.5. The Kier molecular flexibility index (Phi) is 6.02. The van der Waals surface area contributed by atoms with E-state index in [4.69, 9.17) is 4.74 Å². The maximum Gasteiger partial charge on any atom is 0.407 e. The molecule has 3 N–H and O–H groups in total. The van der Waals surface area contributed by atoms with Crippen molar-refractivity contribution < 1.29 is 24.2 Å². The van der Waals surface area contributed by atoms with Gasteiger partial charge in [0.1, 0.15) is 6.61 Å². The van der Waals surface area contributed by atoms with Gasteiger partial charge >= 0.3 is 12.1 Å². The summed E-state index contributed by atoms with van der Waals surface area (Å²) in [5.74, 6) is -0.497. The molecule has 0 aliphatic heterocycles. The van der Waals surface area contributed by atoms with Gasteiger partial charge in [-0.25, -0.2) is 4.79 Å². The second-order valence-electron chi connectivity index (χ2n) is 9.92. The molecule has 3 aliphatic carbocycles. The third-order valence-corrected chi connectivity index (χ3v) is 7.72. The average molecular weight is 463 g/mol. The van der Waals surface area contributed by atoms with Crippen molar-refractivity contribution in [2.24, 2.45) is 17.8 Å². The van der Waals surface area contributed by atoms with Gasteiger partial charge in [0.25, 0.3) is 0 Å². The average Bonchev–Trinajstić information content (AvgIpc) is 3.31. The van der Waals surface area contributed by atoms with Gasteiger partial charge in [0, 0.05) is 24.4 Å². The largest absolute Gasteiger partial charge is 0.481 e. The molecule has 2 aromatic carbocycles. The molecule has 0 bridgehead atoms. The zero-order valence-electron chi connectivity index (χ0n) is 19.2. The summed E-state index contributed by atoms with van der Waals surface area (Å²) in [6, 6.07) is 16.0. The molecular formula is C27H30N2O5. The van der Waals surface area contributed by atoms with Crippen LogP contribution in [0.5, 0.6) is 0 Å². The summed E-state index contributed by atoms with van der Waals surface area (Å²) < 4.78 is 5.56. The van der Waals surface area contributed by atoms with Crippen molar-refractivity contribution in [2.75, 3.05) is 6.61 Å². The standard InChI is InChI=1S/C27H30N2O5/c1-15(10-25(30)29-24-13-16-11-17(26(31)32)12-22(16)24)28-27(33)34-14-23-20-8-4-2-6-18(20)19-7-3-5-9-21(19)23/h2-9,15-17,22-24H,10-14H2,1H3,(H,28,33)(H,29,30)(H,31,32). The van der Waals surface area contributed by atoms with Crippen molar-refractivity contribution in [1.29, 1.82) is 0 Å². The minimum atomic E-state index is -0.736. The number of carbonyl (C=O) groups is 3. The lowest BCUT2D eigenvalue weighted by molar-refractivity contribution is -0.141. The van der Waals surface area contributed by atoms with Gasteiger partial charge in [-0.15, -0.1) is 0 Å². The summed E-state index contributed by atoms with van der Waals surface area (Å²) in [6.07, 6.45) is 1.81. The van der Waals surface area contributed by atoms with E-state index >= 15 is 0 Å². The van der Waals surface area contributed by atoms with Crippen LogP contribution in [0.15, 0.2) is 48.5 Å². The van der Waals surface area contributed by atoms with E-state index in [1.165, 1.54) is 11.1 Å². The van der Waals surface area contributed by atoms with E-state index in [1.54, 1.807) is 6.92 Å². The van der Waals surface area contributed by atoms with Crippen molar-refractivity contribution in [2.45, 2.75) is 50.6 Å². The number of carbonyl (C=O) groups excluding carboxylic acids is 2. The lowest BCUT2D eigenvalue weighted by Gasteiger charge is -2.41. The minimum absolute atomic E-state index is 0.00985. The van der Waals surface area contributed by atoms with E-state index in [2.05, 4.69) is 34.9 Å². The van der Waals surface area contributed by atoms with Crippen LogP contribution in [0.25, 0.3) is 11.1 Å². The van der Waals surface area contributed by atoms with E-state index in [0.29, 0.717) is 18.8 Å². The molecule has 5 atom stereocenters. The van der Waals surface area contributed by atoms with Crippen molar-refractivity contribution in [3.8, 4) is 11.1 Å². The molecule has 7 heteroatoms. The Morgan fingerprint density at radius 2 is 1.65 bits per heavy atom. The number of benzene rings is 2. The highest BCUT2D eigenvalue weighted by Crippen LogP contribution is 2.49. The molecule has 7 nitrogen and oxygen atoms in total. The summed E-state index contributed by atoms with van der Waals surface area (Å²) in [7, 11) is 0. The minimum Gasteiger partial charge on any atom is -0.481 e. The molecule has 0 radical (unpaired) electrons. The Labute approximate surface area is 198 Å². The molecular weight excluding hydrogens is 432 g/mol. The van der Waals surface area contributed by atoms with E-state index in [1.807, 2.05) is 24.3 Å². The lowest BCUT2D eigenvalue weighted by Crippen LogP contribution is -2.51. The van der Waals surface area contributed by atoms with Crippen LogP contribution in [0.4, 0.5) is 4.79 Å². The molecule has 0 heterocycles. The first-order chi connectivity index (χ1) is 16.4. The Bertz CT molecular complexity index is 1070. The number of alkyl carbamates (subject to hydrolysis) is 1. The third-order valence-electron chi connectivity index (χ3n) is 7.72. The number of hydrogen-bond donors (Lipinski definition) is 3. The quantitative estimate of drug-likeness (QED) is 0.579. The number of rotatable bonds is 7. The predicted molar refractivity (Wildman–Crippen MR) is 126 cm³/mol. The monoisotopic (exact) mass is 462 g/mol. The molecule has 178 valence electrons. The van der Waals surface area contributed by atoms with Crippen LogP contribution in [-0.2, 0) is 14.3 Å². The van der Waals surface area contributed by atoms with Crippen LogP contribution in [0.2, 0.25) is 0 Å². The number of amides is 2. The molecule has 5 unspecified atom stereocenters. The highest BCUT2D eigenvalue weighted by Gasteiger charge is 2.49. The molecule has 2 aromatic rings. The van der Waals surface area contributed by atoms with Crippen molar-refractivity contribution >= 4 is 18.0 Å². The lowest BCUT2D eigenvalue weighted by atomic mass is 9.71. The summed E-state index contributed by atoms with van der Waals surface area (Å²) in [5.41, 5.74) is 4.65. The van der Waals surface area contributed by atoms with Crippen LogP contribution < -0.4 is 10.6 Å². The van der Waals surface area contributed by atoms with Crippen LogP contribution in [0.3, 0.4) is 0 Å². The van der Waals surface area contributed by atoms with Crippen LogP contribution >= 0.6 is 0 Å². The number of nitrogens with one attached hydrogen (secondary N) is 2. The Morgan fingerprint density at radius 3 is 2.29 bits per heavy atom. The van der Waals surface area contributed by atoms with Gasteiger partial charge in [0.15, 0.2) is 0 Å². The number of hydrogen-bond acceptors (Lipinski definition) is 4. The third kappa shape index (κ3) is 4.27. The molecule has 0 aromatic heterocycles. The SMILES string of the molecule is CC(CC(=O)NC1CC2CC(C(=O)O)CC21)NC(=O)OCC1c2ccccc2-c2ccccc21. The number of carboxylic acid groups (broad SMARTS) is 1. The molecule has 34 heavy (non-hydrogen) atoms. The van der Waals surface area contributed by atoms with Gasteiger partial charge in [-0.1, -0.05) is 48.5 Å². The molecule has 2 fully saturated rings. The number of carboxylic acids is 1. The zero-order chi connectivity index (χ0) is 23.8. The van der Waals surface area contributed by atoms with Gasteiger partial charge < -0.3 is 20.5 Å². The molecule has 3 aliphatic rings. The summed E-state index contributed by atoms with van der Waals surface area (Å²) in [4.78, 5) is 36.1. The highest BCUT2D eigenvalue weighted by molar-refractivity contribution is 5.80. The molecule has 5 rings (SSSR count). The van der Waals surface area contributed by atoms with Crippen molar-refractivity contribution in [3.63, 3.8) is 0 Å². The molecule has 0 spiro atoms. The first-order valence-corrected chi connectivity index (χ1v) is 12.0. The number of ether oxygens (including phenoxy) is 1. The maximum atomic E-state index is 12.5. The van der Waals surface area contributed by atoms with Crippen LogP contribution in [-0.4, -0.2) is 41.8 Å². The number of fused-ring (bicyclic) bond motifs is 4. The van der Waals surface area contributed by atoms with E-state index in [0.717, 1.165) is 17.5 Å². The fraction of sp³-hybridized carbons (Fsp3) is 0.444. The van der Waals surface area contributed by atoms with Gasteiger partial charge in [-0.3, -0.25) is 9.59 Å². The fourth-order valence-electron chi connectivity index (χ4n) is 6.03. The topological polar surface area (TPSA) is 105 Å². The summed E-state index contributed by atoms with van der Waals surface area (Å²) in [6.45, 7) is 2.01. The van der Waals surface area contributed by atoms with E-state index in [-0.39, 0.29) is 48.8 Å². The molecule has 2 saturated carbocycles. The first kappa shape index (κ1) is 22.4. The smallest absolute Gasteiger partial charge is 0.407 e. The van der Waals surface area contributed by atoms with E-state index < -0.39 is 12.1 Å². The zero-order valence-corrected chi connectivity index (χ0v) is 19.2. The second-order valence-corrected chi connectivity index (χ2v) is 9.92. The van der Waals surface area contributed by atoms with Gasteiger partial charge in [-0.2, -0.15) is 0 Å². The Morgan fingerprint density at radius 1 is 1.00 bits per heavy atom. The van der Waals surface area contributed by atoms with Gasteiger partial charge in [0.2, 0.25) is 5.91 Å². The number of aliphatic carboxylic acids is 1. The van der Waals surface area contributed by atoms with Crippen molar-refractivity contribution in [1.82, 2.24) is 10.6 Å². The van der Waals surface area contributed by atoms with Gasteiger partial charge in [0.05, 0.1) is 5.92 Å². The highest BCUT2D eigenvalue weighted by atomic mass is 16.5. The van der Waals surface area contributed by atoms with Gasteiger partial charge in [-0.05, 0) is 60.3 Å². The second kappa shape index (κ2) is 9.12. The molecule has 2 amide bonds. The van der Waals surface area contributed by atoms with Crippen LogP contribution in [0, 0.1) is 17.8 Å². The summed E-state index contributed by atoms with van der Waals surface area (Å²) in [5, 5.41) is 15.0. The molecule has 0 saturated heterocycles. The Balaban J connectivity index is 1.09. The first-order valence-electron chi connectivity index (χ1n) is 12.0. The van der Waals surface area contributed by atoms with E-state index in [9.17, 15) is 19.5 Å². The van der Waals surface area contributed by atoms with Crippen molar-refractivity contribution in [3.05, 3.63) is 59.7 Å². The summed E-state index contributed by atoms with van der Waals surface area (Å²) >= 11 is 0.